The average Bonchev–Trinajstić information content (AvgIpc) is 2.56. The molecule has 0 heterocycles. The van der Waals surface area contributed by atoms with E-state index in [1.807, 2.05) is 19.1 Å². The lowest BCUT2D eigenvalue weighted by atomic mass is 10.1. The molecule has 0 aliphatic rings. The number of halogens is 1. The summed E-state index contributed by atoms with van der Waals surface area (Å²) in [6.07, 6.45) is 0. The summed E-state index contributed by atoms with van der Waals surface area (Å²) < 4.78 is 0. The largest absolute Gasteiger partial charge is 0.372 e. The van der Waals surface area contributed by atoms with Gasteiger partial charge in [-0.3, -0.25) is 0 Å². The van der Waals surface area contributed by atoms with Crippen molar-refractivity contribution in [3.8, 4) is 6.07 Å². The van der Waals surface area contributed by atoms with E-state index in [-0.39, 0.29) is 0 Å². The highest BCUT2D eigenvalue weighted by Gasteiger charge is 2.05. The lowest BCUT2D eigenvalue weighted by Crippen LogP contribution is -2.21. The number of nitrogens with zero attached hydrogens (tertiary/aromatic N) is 4. The lowest BCUT2D eigenvalue weighted by molar-refractivity contribution is 0.865. The van der Waals surface area contributed by atoms with Gasteiger partial charge in [-0.2, -0.15) is 10.4 Å². The number of hydrogen-bond donors (Lipinski definition) is 0. The number of rotatable bonds is 5. The van der Waals surface area contributed by atoms with E-state index in [0.29, 0.717) is 16.3 Å². The second kappa shape index (κ2) is 7.75. The molecule has 0 N–H and O–H groups in total. The molecule has 0 amide bonds. The maximum atomic E-state index is 8.84. The van der Waals surface area contributed by atoms with Gasteiger partial charge in [-0.25, -0.2) is 0 Å². The van der Waals surface area contributed by atoms with Crippen molar-refractivity contribution in [3.63, 3.8) is 0 Å². The second-order valence-electron chi connectivity index (χ2n) is 5.12. The summed E-state index contributed by atoms with van der Waals surface area (Å²) >= 11 is 6.11. The highest BCUT2D eigenvalue weighted by atomic mass is 35.5. The van der Waals surface area contributed by atoms with Crippen LogP contribution < -0.4 is 4.90 Å². The first-order chi connectivity index (χ1) is 11.1. The molecule has 4 nitrogen and oxygen atoms in total. The van der Waals surface area contributed by atoms with E-state index in [1.54, 1.807) is 18.2 Å². The van der Waals surface area contributed by atoms with Gasteiger partial charge in [0.05, 0.1) is 22.3 Å². The smallest absolute Gasteiger partial charge is 0.104 e. The van der Waals surface area contributed by atoms with Crippen molar-refractivity contribution in [1.82, 2.24) is 0 Å². The van der Waals surface area contributed by atoms with Gasteiger partial charge in [0, 0.05) is 18.8 Å². The van der Waals surface area contributed by atoms with Crippen LogP contribution >= 0.6 is 11.6 Å². The predicted molar refractivity (Wildman–Crippen MR) is 95.1 cm³/mol. The van der Waals surface area contributed by atoms with Gasteiger partial charge in [-0.05, 0) is 62.7 Å². The summed E-state index contributed by atoms with van der Waals surface area (Å²) in [5.41, 5.74) is 4.11. The van der Waals surface area contributed by atoms with E-state index in [0.717, 1.165) is 24.3 Å². The molecule has 0 saturated carbocycles. The molecule has 2 rings (SSSR count). The van der Waals surface area contributed by atoms with Gasteiger partial charge < -0.3 is 4.90 Å². The minimum atomic E-state index is 0.421. The molecule has 0 unspecified atom stereocenters. The highest BCUT2D eigenvalue weighted by Crippen LogP contribution is 2.30. The zero-order valence-electron chi connectivity index (χ0n) is 13.5. The van der Waals surface area contributed by atoms with E-state index in [2.05, 4.69) is 41.1 Å². The summed E-state index contributed by atoms with van der Waals surface area (Å²) in [5, 5.41) is 17.7. The molecule has 0 radical (unpaired) electrons. The van der Waals surface area contributed by atoms with Crippen molar-refractivity contribution < 1.29 is 0 Å². The number of hydrogen-bond acceptors (Lipinski definition) is 4. The van der Waals surface area contributed by atoms with Crippen LogP contribution in [-0.4, -0.2) is 13.1 Å². The number of anilines is 1. The Balaban J connectivity index is 2.25. The zero-order valence-corrected chi connectivity index (χ0v) is 14.3. The van der Waals surface area contributed by atoms with Gasteiger partial charge >= 0.3 is 0 Å². The SMILES string of the molecule is CCN(CC)c1ccc(N=Nc2ccc(C#N)cc2Cl)c(C)c1. The normalized spacial score (nSPS) is 10.7. The van der Waals surface area contributed by atoms with E-state index in [4.69, 9.17) is 16.9 Å². The van der Waals surface area contributed by atoms with Gasteiger partial charge in [-0.15, -0.1) is 5.11 Å². The van der Waals surface area contributed by atoms with Crippen molar-refractivity contribution in [2.75, 3.05) is 18.0 Å². The maximum Gasteiger partial charge on any atom is 0.104 e. The Morgan fingerprint density at radius 1 is 1.04 bits per heavy atom. The molecule has 2 aromatic carbocycles. The summed E-state index contributed by atoms with van der Waals surface area (Å²) in [6, 6.07) is 13.1. The molecule has 0 atom stereocenters. The van der Waals surface area contributed by atoms with Crippen LogP contribution in [0.15, 0.2) is 46.6 Å². The second-order valence-corrected chi connectivity index (χ2v) is 5.53. The fourth-order valence-corrected chi connectivity index (χ4v) is 2.52. The molecule has 0 spiro atoms. The average molecular weight is 327 g/mol. The Labute approximate surface area is 142 Å². The molecular formula is C18H19ClN4. The molecule has 0 aromatic heterocycles. The Hall–Kier alpha value is -2.38. The molecule has 2 aromatic rings. The predicted octanol–water partition coefficient (Wildman–Crippen LogP) is 5.78. The molecule has 23 heavy (non-hydrogen) atoms. The molecule has 0 bridgehead atoms. The number of aryl methyl sites for hydroxylation is 1. The van der Waals surface area contributed by atoms with E-state index in [9.17, 15) is 0 Å². The van der Waals surface area contributed by atoms with E-state index >= 15 is 0 Å². The summed E-state index contributed by atoms with van der Waals surface area (Å²) in [4.78, 5) is 2.28. The van der Waals surface area contributed by atoms with Crippen LogP contribution in [0.3, 0.4) is 0 Å². The molecule has 0 aliphatic carbocycles. The van der Waals surface area contributed by atoms with Crippen molar-refractivity contribution in [2.24, 2.45) is 10.2 Å². The molecule has 0 saturated heterocycles. The fraction of sp³-hybridized carbons (Fsp3) is 0.278. The maximum absolute atomic E-state index is 8.84. The van der Waals surface area contributed by atoms with Crippen LogP contribution in [0.5, 0.6) is 0 Å². The highest BCUT2D eigenvalue weighted by molar-refractivity contribution is 6.33. The summed E-state index contributed by atoms with van der Waals surface area (Å²) in [5.74, 6) is 0. The van der Waals surface area contributed by atoms with Crippen LogP contribution in [0.2, 0.25) is 5.02 Å². The Kier molecular flexibility index (Phi) is 5.72. The first kappa shape index (κ1) is 17.0. The fourth-order valence-electron chi connectivity index (χ4n) is 2.30. The van der Waals surface area contributed by atoms with Crippen LogP contribution in [0.25, 0.3) is 0 Å². The Bertz CT molecular complexity index is 758. The van der Waals surface area contributed by atoms with Crippen LogP contribution in [-0.2, 0) is 0 Å². The van der Waals surface area contributed by atoms with E-state index < -0.39 is 0 Å². The summed E-state index contributed by atoms with van der Waals surface area (Å²) in [7, 11) is 0. The number of nitriles is 1. The van der Waals surface area contributed by atoms with Gasteiger partial charge in [-0.1, -0.05) is 11.6 Å². The number of azo groups is 1. The van der Waals surface area contributed by atoms with Gasteiger partial charge in [0.25, 0.3) is 0 Å². The van der Waals surface area contributed by atoms with Crippen LogP contribution in [0, 0.1) is 18.3 Å². The third kappa shape index (κ3) is 4.08. The molecule has 0 aliphatic heterocycles. The first-order valence-electron chi connectivity index (χ1n) is 7.56. The van der Waals surface area contributed by atoms with E-state index in [1.165, 1.54) is 5.69 Å². The topological polar surface area (TPSA) is 51.8 Å². The Morgan fingerprint density at radius 2 is 1.70 bits per heavy atom. The van der Waals surface area contributed by atoms with Gasteiger partial charge in [0.1, 0.15) is 5.69 Å². The van der Waals surface area contributed by atoms with Crippen LogP contribution in [0.4, 0.5) is 17.1 Å². The summed E-state index contributed by atoms with van der Waals surface area (Å²) in [6.45, 7) is 8.23. The van der Waals surface area contributed by atoms with Crippen molar-refractivity contribution in [3.05, 3.63) is 52.5 Å². The van der Waals surface area contributed by atoms with Crippen molar-refractivity contribution in [2.45, 2.75) is 20.8 Å². The third-order valence-electron chi connectivity index (χ3n) is 3.65. The standard InChI is InChI=1S/C18H19ClN4/c1-4-23(5-2)15-7-9-17(13(3)10-15)21-22-18-8-6-14(12-20)11-16(18)19/h6-11H,4-5H2,1-3H3. The van der Waals surface area contributed by atoms with Gasteiger partial charge in [0.15, 0.2) is 0 Å². The first-order valence-corrected chi connectivity index (χ1v) is 7.93. The van der Waals surface area contributed by atoms with Crippen molar-refractivity contribution in [1.29, 1.82) is 5.26 Å². The number of benzene rings is 2. The minimum absolute atomic E-state index is 0.421. The zero-order chi connectivity index (χ0) is 16.8. The van der Waals surface area contributed by atoms with Crippen LogP contribution in [0.1, 0.15) is 25.0 Å². The lowest BCUT2D eigenvalue weighted by Gasteiger charge is -2.21. The molecule has 118 valence electrons. The molecule has 0 fully saturated rings. The minimum Gasteiger partial charge on any atom is -0.372 e. The third-order valence-corrected chi connectivity index (χ3v) is 3.95. The quantitative estimate of drug-likeness (QED) is 0.654. The molecule has 5 heteroatoms. The molecular weight excluding hydrogens is 308 g/mol. The van der Waals surface area contributed by atoms with Gasteiger partial charge in [0.2, 0.25) is 0 Å². The monoisotopic (exact) mass is 326 g/mol. The Morgan fingerprint density at radius 3 is 2.26 bits per heavy atom. The van der Waals surface area contributed by atoms with Crippen molar-refractivity contribution >= 4 is 28.7 Å².